The van der Waals surface area contributed by atoms with Crippen LogP contribution in [0.1, 0.15) is 22.3 Å². The summed E-state index contributed by atoms with van der Waals surface area (Å²) in [5.41, 5.74) is 6.33. The molecule has 0 aliphatic carbocycles. The number of hydrogen-bond donors (Lipinski definition) is 1. The molecule has 0 radical (unpaired) electrons. The van der Waals surface area contributed by atoms with Crippen molar-refractivity contribution in [2.24, 2.45) is 0 Å². The van der Waals surface area contributed by atoms with Gasteiger partial charge in [0.2, 0.25) is 5.91 Å². The first-order valence-electron chi connectivity index (χ1n) is 12.5. The average molecular weight is 505 g/mol. The molecule has 3 heterocycles. The zero-order valence-corrected chi connectivity index (χ0v) is 21.0. The zero-order chi connectivity index (χ0) is 26.2. The smallest absolute Gasteiger partial charge is 0.248 e. The number of ether oxygens (including phenoxy) is 1. The first-order chi connectivity index (χ1) is 18.7. The highest BCUT2D eigenvalue weighted by atomic mass is 16.5. The van der Waals surface area contributed by atoms with E-state index in [0.717, 1.165) is 60.8 Å². The van der Waals surface area contributed by atoms with Gasteiger partial charge in [-0.15, -0.1) is 0 Å². The molecule has 1 aliphatic heterocycles. The van der Waals surface area contributed by atoms with Gasteiger partial charge in [0, 0.05) is 61.1 Å². The van der Waals surface area contributed by atoms with E-state index in [4.69, 9.17) is 10.00 Å². The van der Waals surface area contributed by atoms with Crippen molar-refractivity contribution in [3.8, 4) is 17.2 Å². The van der Waals surface area contributed by atoms with E-state index in [1.54, 1.807) is 36.8 Å². The summed E-state index contributed by atoms with van der Waals surface area (Å²) >= 11 is 0. The van der Waals surface area contributed by atoms with E-state index in [2.05, 4.69) is 26.4 Å². The summed E-state index contributed by atoms with van der Waals surface area (Å²) in [6.07, 6.45) is 10.5. The van der Waals surface area contributed by atoms with Gasteiger partial charge < -0.3 is 10.1 Å². The van der Waals surface area contributed by atoms with Crippen LogP contribution >= 0.6 is 0 Å². The second kappa shape index (κ2) is 12.1. The second-order valence-corrected chi connectivity index (χ2v) is 9.11. The highest BCUT2D eigenvalue weighted by Crippen LogP contribution is 2.24. The maximum atomic E-state index is 12.6. The number of amides is 1. The van der Waals surface area contributed by atoms with Gasteiger partial charge in [0.05, 0.1) is 37.6 Å². The van der Waals surface area contributed by atoms with Crippen molar-refractivity contribution in [2.75, 3.05) is 31.6 Å². The van der Waals surface area contributed by atoms with Crippen LogP contribution in [0.5, 0.6) is 0 Å². The van der Waals surface area contributed by atoms with Crippen molar-refractivity contribution in [1.29, 1.82) is 5.26 Å². The Morgan fingerprint density at radius 2 is 1.74 bits per heavy atom. The summed E-state index contributed by atoms with van der Waals surface area (Å²) in [6, 6.07) is 19.4. The number of hydrogen-bond acceptors (Lipinski definition) is 6. The van der Waals surface area contributed by atoms with Gasteiger partial charge in [0.15, 0.2) is 0 Å². The molecule has 4 aromatic rings. The Morgan fingerprint density at radius 3 is 2.50 bits per heavy atom. The maximum Gasteiger partial charge on any atom is 0.248 e. The molecule has 0 atom stereocenters. The summed E-state index contributed by atoms with van der Waals surface area (Å²) in [6.45, 7) is 4.91. The quantitative estimate of drug-likeness (QED) is 0.359. The Labute approximate surface area is 221 Å². The third kappa shape index (κ3) is 6.59. The van der Waals surface area contributed by atoms with Gasteiger partial charge in [-0.05, 0) is 53.1 Å². The van der Waals surface area contributed by atoms with Crippen LogP contribution in [0.4, 0.5) is 5.69 Å². The highest BCUT2D eigenvalue weighted by molar-refractivity contribution is 6.02. The van der Waals surface area contributed by atoms with Crippen LogP contribution in [-0.4, -0.2) is 51.9 Å². The Hall–Kier alpha value is -4.58. The molecule has 2 aromatic carbocycles. The largest absolute Gasteiger partial charge is 0.379 e. The van der Waals surface area contributed by atoms with E-state index in [1.807, 2.05) is 53.3 Å². The van der Waals surface area contributed by atoms with Gasteiger partial charge in [-0.3, -0.25) is 19.4 Å². The molecule has 8 heteroatoms. The first-order valence-corrected chi connectivity index (χ1v) is 12.5. The van der Waals surface area contributed by atoms with Crippen molar-refractivity contribution in [1.82, 2.24) is 19.7 Å². The van der Waals surface area contributed by atoms with E-state index in [0.29, 0.717) is 12.1 Å². The monoisotopic (exact) mass is 504 g/mol. The van der Waals surface area contributed by atoms with Crippen molar-refractivity contribution in [2.45, 2.75) is 13.1 Å². The normalized spacial score (nSPS) is 13.9. The molecule has 2 aromatic heterocycles. The molecule has 190 valence electrons. The number of nitrogens with one attached hydrogen (secondary N) is 1. The van der Waals surface area contributed by atoms with Crippen molar-refractivity contribution >= 4 is 17.7 Å². The van der Waals surface area contributed by atoms with Crippen LogP contribution < -0.4 is 5.32 Å². The van der Waals surface area contributed by atoms with Crippen molar-refractivity contribution in [3.05, 3.63) is 108 Å². The lowest BCUT2D eigenvalue weighted by Gasteiger charge is -2.26. The van der Waals surface area contributed by atoms with Gasteiger partial charge in [0.25, 0.3) is 0 Å². The molecular weight excluding hydrogens is 476 g/mol. The molecule has 0 saturated carbocycles. The van der Waals surface area contributed by atoms with Crippen molar-refractivity contribution < 1.29 is 9.53 Å². The lowest BCUT2D eigenvalue weighted by Crippen LogP contribution is -2.35. The lowest BCUT2D eigenvalue weighted by atomic mass is 10.0. The fraction of sp³-hybridized carbons (Fsp3) is 0.200. The number of benzene rings is 2. The molecular formula is C30H28N6O2. The zero-order valence-electron chi connectivity index (χ0n) is 21.0. The summed E-state index contributed by atoms with van der Waals surface area (Å²) in [4.78, 5) is 19.2. The van der Waals surface area contributed by atoms with Crippen molar-refractivity contribution in [3.63, 3.8) is 0 Å². The number of nitrogens with zero attached hydrogens (tertiary/aromatic N) is 5. The van der Waals surface area contributed by atoms with Gasteiger partial charge in [0.1, 0.15) is 0 Å². The van der Waals surface area contributed by atoms with Gasteiger partial charge >= 0.3 is 0 Å². The first kappa shape index (κ1) is 25.1. The van der Waals surface area contributed by atoms with Crippen LogP contribution in [0.25, 0.3) is 17.2 Å². The van der Waals surface area contributed by atoms with Gasteiger partial charge in [-0.1, -0.05) is 24.3 Å². The minimum Gasteiger partial charge on any atom is -0.379 e. The van der Waals surface area contributed by atoms with Gasteiger partial charge in [-0.25, -0.2) is 0 Å². The van der Waals surface area contributed by atoms with Crippen LogP contribution in [0, 0.1) is 11.3 Å². The number of carbonyl (C=O) groups excluding carboxylic acids is 1. The number of morpholine rings is 1. The standard InChI is InChI=1S/C30H28N6O2/c31-17-23-1-3-25(4-2-23)21-36-22-27(19-33-36)29-11-12-32-18-26(29)7-10-30(37)34-28-8-5-24(6-9-28)20-35-13-15-38-16-14-35/h1-12,18-19,22H,13-16,20-21H2,(H,34,37)/b10-7+. The number of rotatable bonds is 8. The SMILES string of the molecule is N#Cc1ccc(Cn2cc(-c3ccncc3/C=C/C(=O)Nc3ccc(CN4CCOCC4)cc3)cn2)cc1. The summed E-state index contributed by atoms with van der Waals surface area (Å²) in [7, 11) is 0. The fourth-order valence-electron chi connectivity index (χ4n) is 4.32. The number of pyridine rings is 1. The Bertz CT molecular complexity index is 1450. The molecule has 0 bridgehead atoms. The molecule has 1 saturated heterocycles. The summed E-state index contributed by atoms with van der Waals surface area (Å²) in [5.74, 6) is -0.211. The second-order valence-electron chi connectivity index (χ2n) is 9.11. The fourth-order valence-corrected chi connectivity index (χ4v) is 4.32. The molecule has 1 amide bonds. The maximum absolute atomic E-state index is 12.6. The molecule has 1 aliphatic rings. The van der Waals surface area contributed by atoms with E-state index in [1.165, 1.54) is 11.6 Å². The number of carbonyl (C=O) groups is 1. The van der Waals surface area contributed by atoms with Crippen LogP contribution in [0.2, 0.25) is 0 Å². The molecule has 1 fully saturated rings. The molecule has 8 nitrogen and oxygen atoms in total. The number of nitriles is 1. The Balaban J connectivity index is 1.21. The lowest BCUT2D eigenvalue weighted by molar-refractivity contribution is -0.111. The average Bonchev–Trinajstić information content (AvgIpc) is 3.42. The minimum atomic E-state index is -0.211. The number of anilines is 1. The Kier molecular flexibility index (Phi) is 7.99. The summed E-state index contributed by atoms with van der Waals surface area (Å²) in [5, 5.41) is 16.4. The molecule has 38 heavy (non-hydrogen) atoms. The van der Waals surface area contributed by atoms with E-state index in [-0.39, 0.29) is 5.91 Å². The minimum absolute atomic E-state index is 0.211. The van der Waals surface area contributed by atoms with E-state index >= 15 is 0 Å². The van der Waals surface area contributed by atoms with E-state index < -0.39 is 0 Å². The Morgan fingerprint density at radius 1 is 1.00 bits per heavy atom. The molecule has 0 spiro atoms. The van der Waals surface area contributed by atoms with Crippen LogP contribution in [-0.2, 0) is 22.6 Å². The predicted octanol–water partition coefficient (Wildman–Crippen LogP) is 4.35. The van der Waals surface area contributed by atoms with Gasteiger partial charge in [-0.2, -0.15) is 10.4 Å². The van der Waals surface area contributed by atoms with Crippen LogP contribution in [0.15, 0.2) is 85.5 Å². The molecule has 1 N–H and O–H groups in total. The third-order valence-corrected chi connectivity index (χ3v) is 6.37. The third-order valence-electron chi connectivity index (χ3n) is 6.37. The van der Waals surface area contributed by atoms with Crippen LogP contribution in [0.3, 0.4) is 0 Å². The highest BCUT2D eigenvalue weighted by Gasteiger charge is 2.11. The number of aromatic nitrogens is 3. The summed E-state index contributed by atoms with van der Waals surface area (Å²) < 4.78 is 7.25. The molecule has 0 unspecified atom stereocenters. The van der Waals surface area contributed by atoms with E-state index in [9.17, 15) is 4.79 Å². The molecule has 5 rings (SSSR count). The topological polar surface area (TPSA) is 96.1 Å². The predicted molar refractivity (Wildman–Crippen MR) is 146 cm³/mol.